The van der Waals surface area contributed by atoms with Crippen LogP contribution in [-0.4, -0.2) is 54.1 Å². The summed E-state index contributed by atoms with van der Waals surface area (Å²) in [6.45, 7) is 6.85. The summed E-state index contributed by atoms with van der Waals surface area (Å²) in [6, 6.07) is 4.16. The van der Waals surface area contributed by atoms with Crippen LogP contribution < -0.4 is 4.90 Å². The Morgan fingerprint density at radius 2 is 2.12 bits per heavy atom. The molecule has 1 aliphatic rings. The van der Waals surface area contributed by atoms with Crippen LogP contribution in [0.3, 0.4) is 0 Å². The average molecular weight is 350 g/mol. The number of hydrogen-bond donors (Lipinski definition) is 1. The van der Waals surface area contributed by atoms with Crippen LogP contribution in [0.5, 0.6) is 0 Å². The highest BCUT2D eigenvalue weighted by atomic mass is 32.2. The van der Waals surface area contributed by atoms with Crippen molar-refractivity contribution in [2.24, 2.45) is 5.92 Å². The van der Waals surface area contributed by atoms with Crippen LogP contribution >= 0.6 is 0 Å². The fourth-order valence-electron chi connectivity index (χ4n) is 3.49. The molecule has 1 N–H and O–H groups in total. The van der Waals surface area contributed by atoms with Gasteiger partial charge in [-0.15, -0.1) is 0 Å². The predicted octanol–water partition coefficient (Wildman–Crippen LogP) is 2.45. The summed E-state index contributed by atoms with van der Waals surface area (Å²) in [5.74, 6) is 0.427. The van der Waals surface area contributed by atoms with Gasteiger partial charge in [-0.1, -0.05) is 6.92 Å². The SMILES string of the molecule is CC(C)S(=O)(=O)N1CC[C@@H](C)C(N(C)c2ccnc3[nH]ccc23)C1. The van der Waals surface area contributed by atoms with Gasteiger partial charge >= 0.3 is 0 Å². The predicted molar refractivity (Wildman–Crippen MR) is 97.7 cm³/mol. The summed E-state index contributed by atoms with van der Waals surface area (Å²) >= 11 is 0. The van der Waals surface area contributed by atoms with Gasteiger partial charge in [0.15, 0.2) is 0 Å². The second kappa shape index (κ2) is 6.37. The van der Waals surface area contributed by atoms with Crippen molar-refractivity contribution in [2.45, 2.75) is 38.5 Å². The number of pyridine rings is 1. The third-order valence-corrected chi connectivity index (χ3v) is 7.39. The fourth-order valence-corrected chi connectivity index (χ4v) is 4.80. The van der Waals surface area contributed by atoms with Gasteiger partial charge < -0.3 is 9.88 Å². The Bertz CT molecular complexity index is 815. The molecule has 2 atom stereocenters. The van der Waals surface area contributed by atoms with Gasteiger partial charge in [0.2, 0.25) is 10.0 Å². The van der Waals surface area contributed by atoms with E-state index < -0.39 is 10.0 Å². The highest BCUT2D eigenvalue weighted by Crippen LogP contribution is 2.31. The number of anilines is 1. The van der Waals surface area contributed by atoms with E-state index in [2.05, 4.69) is 28.8 Å². The van der Waals surface area contributed by atoms with Crippen LogP contribution in [0.4, 0.5) is 5.69 Å². The normalized spacial score (nSPS) is 23.0. The van der Waals surface area contributed by atoms with Crippen molar-refractivity contribution < 1.29 is 8.42 Å². The quantitative estimate of drug-likeness (QED) is 0.919. The number of likely N-dealkylation sites (N-methyl/N-ethyl adjacent to an activating group) is 1. The van der Waals surface area contributed by atoms with Crippen molar-refractivity contribution in [2.75, 3.05) is 25.0 Å². The number of hydrogen-bond acceptors (Lipinski definition) is 4. The Kier molecular flexibility index (Phi) is 4.57. The maximum absolute atomic E-state index is 12.6. The van der Waals surface area contributed by atoms with Crippen LogP contribution in [0.1, 0.15) is 27.2 Å². The van der Waals surface area contributed by atoms with Gasteiger partial charge in [-0.2, -0.15) is 4.31 Å². The van der Waals surface area contributed by atoms with Gasteiger partial charge in [-0.25, -0.2) is 13.4 Å². The zero-order valence-electron chi connectivity index (χ0n) is 14.7. The molecule has 0 bridgehead atoms. The first-order valence-corrected chi connectivity index (χ1v) is 9.96. The first-order valence-electron chi connectivity index (χ1n) is 8.46. The molecular formula is C17H26N4O2S. The van der Waals surface area contributed by atoms with Crippen LogP contribution in [0.2, 0.25) is 0 Å². The van der Waals surface area contributed by atoms with Gasteiger partial charge in [0, 0.05) is 49.6 Å². The molecule has 0 saturated carbocycles. The van der Waals surface area contributed by atoms with Crippen molar-refractivity contribution in [1.82, 2.24) is 14.3 Å². The minimum Gasteiger partial charge on any atom is -0.369 e. The largest absolute Gasteiger partial charge is 0.369 e. The molecule has 7 heteroatoms. The molecule has 0 aliphatic carbocycles. The van der Waals surface area contributed by atoms with Crippen molar-refractivity contribution in [3.05, 3.63) is 24.5 Å². The second-order valence-electron chi connectivity index (χ2n) is 6.97. The summed E-state index contributed by atoms with van der Waals surface area (Å²) in [5, 5.41) is 0.685. The molecule has 0 aromatic carbocycles. The molecule has 3 rings (SSSR count). The number of rotatable bonds is 4. The molecule has 24 heavy (non-hydrogen) atoms. The lowest BCUT2D eigenvalue weighted by Crippen LogP contribution is -2.53. The van der Waals surface area contributed by atoms with E-state index in [1.807, 2.05) is 18.3 Å². The average Bonchev–Trinajstić information content (AvgIpc) is 3.02. The smallest absolute Gasteiger partial charge is 0.216 e. The van der Waals surface area contributed by atoms with Gasteiger partial charge in [-0.05, 0) is 38.3 Å². The summed E-state index contributed by atoms with van der Waals surface area (Å²) < 4.78 is 26.8. The molecular weight excluding hydrogens is 324 g/mol. The third-order valence-electron chi connectivity index (χ3n) is 5.15. The third kappa shape index (κ3) is 2.91. The summed E-state index contributed by atoms with van der Waals surface area (Å²) in [7, 11) is -1.17. The van der Waals surface area contributed by atoms with Gasteiger partial charge in [-0.3, -0.25) is 0 Å². The molecule has 1 fully saturated rings. The number of fused-ring (bicyclic) bond motifs is 1. The summed E-state index contributed by atoms with van der Waals surface area (Å²) in [5.41, 5.74) is 1.94. The van der Waals surface area contributed by atoms with E-state index in [0.717, 1.165) is 23.1 Å². The minimum absolute atomic E-state index is 0.146. The highest BCUT2D eigenvalue weighted by molar-refractivity contribution is 7.89. The lowest BCUT2D eigenvalue weighted by Gasteiger charge is -2.42. The van der Waals surface area contributed by atoms with E-state index in [1.54, 1.807) is 24.3 Å². The maximum atomic E-state index is 12.6. The van der Waals surface area contributed by atoms with Gasteiger partial charge in [0.1, 0.15) is 5.65 Å². The minimum atomic E-state index is -3.22. The molecule has 3 heterocycles. The Balaban J connectivity index is 1.90. The number of H-pyrrole nitrogens is 1. The first kappa shape index (κ1) is 17.2. The fraction of sp³-hybridized carbons (Fsp3) is 0.588. The van der Waals surface area contributed by atoms with Crippen molar-refractivity contribution in [1.29, 1.82) is 0 Å². The number of sulfonamides is 1. The van der Waals surface area contributed by atoms with Crippen molar-refractivity contribution >= 4 is 26.7 Å². The van der Waals surface area contributed by atoms with E-state index >= 15 is 0 Å². The standard InChI is InChI=1S/C17H26N4O2S/c1-12(2)24(22,23)21-10-7-13(3)16(11-21)20(4)15-6-9-19-17-14(15)5-8-18-17/h5-6,8-9,12-13,16H,7,10-11H2,1-4H3,(H,18,19)/t13-,16?/m1/s1. The van der Waals surface area contributed by atoms with Crippen LogP contribution in [0.25, 0.3) is 11.0 Å². The monoisotopic (exact) mass is 350 g/mol. The van der Waals surface area contributed by atoms with Crippen LogP contribution in [0, 0.1) is 5.92 Å². The molecule has 2 aromatic heterocycles. The molecule has 6 nitrogen and oxygen atoms in total. The van der Waals surface area contributed by atoms with Crippen LogP contribution in [-0.2, 0) is 10.0 Å². The highest BCUT2D eigenvalue weighted by Gasteiger charge is 2.36. The number of piperidine rings is 1. The van der Waals surface area contributed by atoms with Crippen molar-refractivity contribution in [3.8, 4) is 0 Å². The van der Waals surface area contributed by atoms with Gasteiger partial charge in [0.05, 0.1) is 5.25 Å². The lowest BCUT2D eigenvalue weighted by molar-refractivity contribution is 0.246. The lowest BCUT2D eigenvalue weighted by atomic mass is 9.93. The second-order valence-corrected chi connectivity index (χ2v) is 9.46. The Morgan fingerprint density at radius 3 is 2.83 bits per heavy atom. The zero-order chi connectivity index (χ0) is 17.5. The first-order chi connectivity index (χ1) is 11.3. The maximum Gasteiger partial charge on any atom is 0.216 e. The number of aromatic amines is 1. The number of aromatic nitrogens is 2. The molecule has 132 valence electrons. The van der Waals surface area contributed by atoms with E-state index in [-0.39, 0.29) is 11.3 Å². The van der Waals surface area contributed by atoms with Gasteiger partial charge in [0.25, 0.3) is 0 Å². The van der Waals surface area contributed by atoms with E-state index in [1.165, 1.54) is 0 Å². The van der Waals surface area contributed by atoms with Crippen molar-refractivity contribution in [3.63, 3.8) is 0 Å². The van der Waals surface area contributed by atoms with E-state index in [0.29, 0.717) is 19.0 Å². The Labute approximate surface area is 143 Å². The Morgan fingerprint density at radius 1 is 1.38 bits per heavy atom. The Hall–Kier alpha value is -1.60. The molecule has 0 amide bonds. The zero-order valence-corrected chi connectivity index (χ0v) is 15.5. The molecule has 0 radical (unpaired) electrons. The summed E-state index contributed by atoms with van der Waals surface area (Å²) in [4.78, 5) is 9.68. The summed E-state index contributed by atoms with van der Waals surface area (Å²) in [6.07, 6.45) is 4.55. The molecule has 1 saturated heterocycles. The van der Waals surface area contributed by atoms with Crippen LogP contribution in [0.15, 0.2) is 24.5 Å². The number of nitrogens with zero attached hydrogens (tertiary/aromatic N) is 3. The molecule has 1 unspecified atom stereocenters. The number of nitrogens with one attached hydrogen (secondary N) is 1. The molecule has 2 aromatic rings. The van der Waals surface area contributed by atoms with E-state index in [9.17, 15) is 8.42 Å². The topological polar surface area (TPSA) is 69.3 Å². The van der Waals surface area contributed by atoms with E-state index in [4.69, 9.17) is 0 Å². The molecule has 0 spiro atoms. The molecule has 1 aliphatic heterocycles.